The summed E-state index contributed by atoms with van der Waals surface area (Å²) in [7, 11) is -7.81. The van der Waals surface area contributed by atoms with E-state index in [1.807, 2.05) is 0 Å². The van der Waals surface area contributed by atoms with E-state index in [0.717, 1.165) is 16.6 Å². The van der Waals surface area contributed by atoms with Gasteiger partial charge >= 0.3 is 0 Å². The van der Waals surface area contributed by atoms with Crippen molar-refractivity contribution in [1.29, 1.82) is 0 Å². The number of aliphatic imine (C=N–C) groups is 1. The number of sulfone groups is 1. The number of rotatable bonds is 4. The standard InChI is InChI=1S/C19H21FN4O5S2/c1-11-7-16(17(30(2,26)27)8-15(11)18(25)23-19(21)22)24-9-13(10-31(24,28)29)12-3-5-14(20)6-4-12/h3-8,13H,9-10H2,1-2H3,(H4,21,22,23,25)/t13-/m1/s1. The number of guanidine groups is 1. The van der Waals surface area contributed by atoms with Gasteiger partial charge in [0.05, 0.1) is 16.3 Å². The number of nitrogens with zero attached hydrogens (tertiary/aromatic N) is 2. The van der Waals surface area contributed by atoms with Crippen molar-refractivity contribution in [3.63, 3.8) is 0 Å². The highest BCUT2D eigenvalue weighted by Crippen LogP contribution is 2.37. The number of amides is 1. The molecule has 0 aromatic heterocycles. The number of hydrogen-bond acceptors (Lipinski definition) is 5. The molecule has 166 valence electrons. The molecule has 1 aliphatic rings. The van der Waals surface area contributed by atoms with Crippen LogP contribution >= 0.6 is 0 Å². The molecular formula is C19H21FN4O5S2. The highest BCUT2D eigenvalue weighted by Gasteiger charge is 2.39. The number of halogens is 1. The Morgan fingerprint density at radius 1 is 1.19 bits per heavy atom. The average Bonchev–Trinajstić information content (AvgIpc) is 2.95. The molecule has 1 heterocycles. The van der Waals surface area contributed by atoms with Crippen molar-refractivity contribution < 1.29 is 26.0 Å². The van der Waals surface area contributed by atoms with E-state index in [9.17, 15) is 26.0 Å². The van der Waals surface area contributed by atoms with Gasteiger partial charge in [0.1, 0.15) is 5.82 Å². The molecule has 0 spiro atoms. The number of carbonyl (C=O) groups excluding carboxylic acids is 1. The summed E-state index contributed by atoms with van der Waals surface area (Å²) in [4.78, 5) is 15.4. The molecule has 1 aliphatic heterocycles. The van der Waals surface area contributed by atoms with Crippen LogP contribution in [0.15, 0.2) is 46.3 Å². The molecule has 9 nitrogen and oxygen atoms in total. The first-order valence-corrected chi connectivity index (χ1v) is 12.5. The van der Waals surface area contributed by atoms with Gasteiger partial charge in [0, 0.05) is 24.3 Å². The van der Waals surface area contributed by atoms with Gasteiger partial charge in [-0.3, -0.25) is 9.10 Å². The summed E-state index contributed by atoms with van der Waals surface area (Å²) in [6, 6.07) is 7.87. The number of carbonyl (C=O) groups is 1. The van der Waals surface area contributed by atoms with Gasteiger partial charge in [0.25, 0.3) is 5.91 Å². The Hall–Kier alpha value is -2.99. The lowest BCUT2D eigenvalue weighted by Crippen LogP contribution is -2.27. The predicted molar refractivity (Wildman–Crippen MR) is 115 cm³/mol. The van der Waals surface area contributed by atoms with Crippen LogP contribution in [0.2, 0.25) is 0 Å². The lowest BCUT2D eigenvalue weighted by atomic mass is 10.0. The molecule has 1 amide bonds. The molecule has 0 unspecified atom stereocenters. The van der Waals surface area contributed by atoms with Gasteiger partial charge in [-0.25, -0.2) is 21.2 Å². The number of sulfonamides is 1. The molecule has 0 radical (unpaired) electrons. The lowest BCUT2D eigenvalue weighted by Gasteiger charge is -2.22. The van der Waals surface area contributed by atoms with Crippen LogP contribution in [0.3, 0.4) is 0 Å². The zero-order valence-electron chi connectivity index (χ0n) is 16.7. The third kappa shape index (κ3) is 4.69. The van der Waals surface area contributed by atoms with E-state index in [4.69, 9.17) is 11.5 Å². The van der Waals surface area contributed by atoms with Crippen molar-refractivity contribution in [2.24, 2.45) is 16.5 Å². The van der Waals surface area contributed by atoms with Gasteiger partial charge in [-0.15, -0.1) is 0 Å². The highest BCUT2D eigenvalue weighted by atomic mass is 32.2. The number of nitrogens with two attached hydrogens (primary N) is 2. The van der Waals surface area contributed by atoms with Crippen molar-refractivity contribution >= 4 is 37.4 Å². The van der Waals surface area contributed by atoms with Crippen LogP contribution in [-0.4, -0.2) is 47.3 Å². The van der Waals surface area contributed by atoms with E-state index in [1.54, 1.807) is 0 Å². The number of benzene rings is 2. The Balaban J connectivity index is 2.13. The van der Waals surface area contributed by atoms with Crippen LogP contribution < -0.4 is 15.8 Å². The van der Waals surface area contributed by atoms with Gasteiger partial charge in [-0.2, -0.15) is 4.99 Å². The third-order valence-electron chi connectivity index (χ3n) is 4.91. The van der Waals surface area contributed by atoms with Crippen molar-refractivity contribution in [1.82, 2.24) is 0 Å². The summed E-state index contributed by atoms with van der Waals surface area (Å²) in [5.41, 5.74) is 11.2. The molecule has 1 atom stereocenters. The van der Waals surface area contributed by atoms with Crippen LogP contribution in [0, 0.1) is 12.7 Å². The molecule has 1 saturated heterocycles. The van der Waals surface area contributed by atoms with Crippen molar-refractivity contribution in [2.45, 2.75) is 17.7 Å². The predicted octanol–water partition coefficient (Wildman–Crippen LogP) is 0.885. The fourth-order valence-corrected chi connectivity index (χ4v) is 6.25. The molecule has 3 rings (SSSR count). The maximum Gasteiger partial charge on any atom is 0.280 e. The van der Waals surface area contributed by atoms with E-state index in [0.29, 0.717) is 11.1 Å². The molecule has 1 fully saturated rings. The minimum Gasteiger partial charge on any atom is -0.370 e. The molecular weight excluding hydrogens is 447 g/mol. The molecule has 2 aromatic rings. The number of anilines is 1. The largest absolute Gasteiger partial charge is 0.370 e. The molecule has 0 aliphatic carbocycles. The molecule has 2 aromatic carbocycles. The van der Waals surface area contributed by atoms with E-state index < -0.39 is 43.5 Å². The highest BCUT2D eigenvalue weighted by molar-refractivity contribution is 7.93. The van der Waals surface area contributed by atoms with E-state index in [2.05, 4.69) is 4.99 Å². The average molecular weight is 469 g/mol. The zero-order chi connectivity index (χ0) is 23.1. The Kier molecular flexibility index (Phi) is 5.80. The minimum absolute atomic E-state index is 0.0306. The summed E-state index contributed by atoms with van der Waals surface area (Å²) in [6.45, 7) is 1.49. The summed E-state index contributed by atoms with van der Waals surface area (Å²) in [5, 5.41) is 0. The van der Waals surface area contributed by atoms with Crippen LogP contribution in [0.4, 0.5) is 10.1 Å². The minimum atomic E-state index is -3.93. The summed E-state index contributed by atoms with van der Waals surface area (Å²) in [5.74, 6) is -2.53. The molecule has 31 heavy (non-hydrogen) atoms. The first kappa shape index (κ1) is 22.7. The van der Waals surface area contributed by atoms with Gasteiger partial charge in [0.2, 0.25) is 10.0 Å². The smallest absolute Gasteiger partial charge is 0.280 e. The Labute approximate surface area is 179 Å². The van der Waals surface area contributed by atoms with Gasteiger partial charge in [-0.1, -0.05) is 12.1 Å². The first-order valence-electron chi connectivity index (χ1n) is 9.04. The Bertz CT molecular complexity index is 1290. The fourth-order valence-electron chi connectivity index (χ4n) is 3.47. The van der Waals surface area contributed by atoms with Crippen LogP contribution in [-0.2, 0) is 19.9 Å². The SMILES string of the molecule is Cc1cc(N2C[C@@H](c3ccc(F)cc3)CS2(=O)=O)c(S(C)(=O)=O)cc1C(=O)N=C(N)N. The third-order valence-corrected chi connectivity index (χ3v) is 7.88. The molecule has 0 bridgehead atoms. The van der Waals surface area contributed by atoms with E-state index in [-0.39, 0.29) is 28.4 Å². The maximum absolute atomic E-state index is 13.2. The normalized spacial score (nSPS) is 18.0. The van der Waals surface area contributed by atoms with Crippen molar-refractivity contribution in [3.05, 3.63) is 58.9 Å². The van der Waals surface area contributed by atoms with Gasteiger partial charge in [-0.05, 0) is 42.3 Å². The summed E-state index contributed by atoms with van der Waals surface area (Å²) < 4.78 is 65.0. The van der Waals surface area contributed by atoms with Crippen LogP contribution in [0.1, 0.15) is 27.4 Å². The van der Waals surface area contributed by atoms with Crippen molar-refractivity contribution in [3.8, 4) is 0 Å². The second kappa shape index (κ2) is 7.93. The first-order chi connectivity index (χ1) is 14.3. The number of aryl methyl sites for hydroxylation is 1. The summed E-state index contributed by atoms with van der Waals surface area (Å²) >= 11 is 0. The quantitative estimate of drug-likeness (QED) is 0.499. The monoisotopic (exact) mass is 468 g/mol. The van der Waals surface area contributed by atoms with Crippen LogP contribution in [0.5, 0.6) is 0 Å². The summed E-state index contributed by atoms with van der Waals surface area (Å²) in [6.07, 6.45) is 0.913. The number of hydrogen-bond donors (Lipinski definition) is 2. The van der Waals surface area contributed by atoms with Gasteiger partial charge < -0.3 is 11.5 Å². The van der Waals surface area contributed by atoms with Crippen LogP contribution in [0.25, 0.3) is 0 Å². The second-order valence-electron chi connectivity index (χ2n) is 7.31. The van der Waals surface area contributed by atoms with E-state index in [1.165, 1.54) is 37.3 Å². The molecule has 4 N–H and O–H groups in total. The second-order valence-corrected chi connectivity index (χ2v) is 11.2. The maximum atomic E-state index is 13.2. The topological polar surface area (TPSA) is 153 Å². The van der Waals surface area contributed by atoms with E-state index >= 15 is 0 Å². The van der Waals surface area contributed by atoms with Gasteiger partial charge in [0.15, 0.2) is 15.8 Å². The Morgan fingerprint density at radius 3 is 2.35 bits per heavy atom. The fraction of sp³-hybridized carbons (Fsp3) is 0.263. The Morgan fingerprint density at radius 2 is 1.81 bits per heavy atom. The molecule has 0 saturated carbocycles. The molecule has 12 heteroatoms. The lowest BCUT2D eigenvalue weighted by molar-refractivity contribution is 0.100. The zero-order valence-corrected chi connectivity index (χ0v) is 18.4. The van der Waals surface area contributed by atoms with Crippen molar-refractivity contribution in [2.75, 3.05) is 22.9 Å².